The Bertz CT molecular complexity index is 346. The van der Waals surface area contributed by atoms with Gasteiger partial charge in [-0.3, -0.25) is 0 Å². The summed E-state index contributed by atoms with van der Waals surface area (Å²) in [4.78, 5) is 4.38. The van der Waals surface area contributed by atoms with Crippen LogP contribution in [-0.4, -0.2) is 16.6 Å². The van der Waals surface area contributed by atoms with E-state index in [2.05, 4.69) is 31.1 Å². The largest absolute Gasteiger partial charge is 0.487 e. The van der Waals surface area contributed by atoms with Crippen LogP contribution in [0.1, 0.15) is 47.5 Å². The van der Waals surface area contributed by atoms with Crippen LogP contribution < -0.4 is 10.1 Å². The molecule has 96 valence electrons. The Labute approximate surface area is 105 Å². The molecule has 0 aliphatic heterocycles. The van der Waals surface area contributed by atoms with Crippen molar-refractivity contribution < 1.29 is 4.74 Å². The normalized spacial score (nSPS) is 11.6. The number of nitrogens with one attached hydrogen (secondary N) is 1. The molecule has 0 radical (unpaired) electrons. The van der Waals surface area contributed by atoms with Gasteiger partial charge < -0.3 is 10.1 Å². The Morgan fingerprint density at radius 1 is 1.35 bits per heavy atom. The maximum atomic E-state index is 5.76. The molecule has 0 aliphatic carbocycles. The van der Waals surface area contributed by atoms with E-state index in [0.717, 1.165) is 24.4 Å². The fraction of sp³-hybridized carbons (Fsp3) is 0.643. The lowest BCUT2D eigenvalue weighted by Crippen LogP contribution is -2.33. The third-order valence-electron chi connectivity index (χ3n) is 3.11. The second kappa shape index (κ2) is 5.89. The Balaban J connectivity index is 2.89. The fourth-order valence-corrected chi connectivity index (χ4v) is 1.55. The van der Waals surface area contributed by atoms with Gasteiger partial charge in [-0.2, -0.15) is 0 Å². The zero-order valence-corrected chi connectivity index (χ0v) is 11.6. The molecule has 0 atom stereocenters. The quantitative estimate of drug-likeness (QED) is 0.814. The Kier molecular flexibility index (Phi) is 4.79. The van der Waals surface area contributed by atoms with Gasteiger partial charge in [0.2, 0.25) is 0 Å². The van der Waals surface area contributed by atoms with E-state index in [0.29, 0.717) is 0 Å². The van der Waals surface area contributed by atoms with Crippen LogP contribution >= 0.6 is 0 Å². The van der Waals surface area contributed by atoms with Gasteiger partial charge in [0.15, 0.2) is 11.6 Å². The smallest absolute Gasteiger partial charge is 0.169 e. The van der Waals surface area contributed by atoms with Crippen molar-refractivity contribution in [2.75, 3.05) is 5.32 Å². The van der Waals surface area contributed by atoms with E-state index in [1.54, 1.807) is 6.20 Å². The molecule has 0 bridgehead atoms. The minimum Gasteiger partial charge on any atom is -0.487 e. The van der Waals surface area contributed by atoms with Crippen LogP contribution in [0.2, 0.25) is 0 Å². The van der Waals surface area contributed by atoms with Gasteiger partial charge in [0.1, 0.15) is 0 Å². The van der Waals surface area contributed by atoms with E-state index >= 15 is 0 Å². The molecule has 0 amide bonds. The van der Waals surface area contributed by atoms with E-state index in [1.165, 1.54) is 0 Å². The van der Waals surface area contributed by atoms with E-state index in [4.69, 9.17) is 4.74 Å². The number of pyridine rings is 1. The van der Waals surface area contributed by atoms with E-state index in [9.17, 15) is 0 Å². The van der Waals surface area contributed by atoms with Gasteiger partial charge in [-0.1, -0.05) is 13.8 Å². The second-order valence-corrected chi connectivity index (χ2v) is 4.91. The highest BCUT2D eigenvalue weighted by atomic mass is 16.5. The van der Waals surface area contributed by atoms with Gasteiger partial charge in [0.05, 0.1) is 6.10 Å². The summed E-state index contributed by atoms with van der Waals surface area (Å²) in [6.07, 6.45) is 4.07. The van der Waals surface area contributed by atoms with Crippen LogP contribution in [0.25, 0.3) is 0 Å². The molecule has 17 heavy (non-hydrogen) atoms. The van der Waals surface area contributed by atoms with Gasteiger partial charge in [0, 0.05) is 11.7 Å². The molecule has 1 aromatic heterocycles. The zero-order valence-electron chi connectivity index (χ0n) is 11.6. The third kappa shape index (κ3) is 3.91. The van der Waals surface area contributed by atoms with Crippen LogP contribution in [0.3, 0.4) is 0 Å². The van der Waals surface area contributed by atoms with Gasteiger partial charge in [-0.05, 0) is 45.7 Å². The number of aromatic nitrogens is 1. The first kappa shape index (κ1) is 13.8. The predicted octanol–water partition coefficient (Wildman–Crippen LogP) is 3.86. The highest BCUT2D eigenvalue weighted by Gasteiger charge is 2.21. The standard InChI is InChI=1S/C14H24N2O/c1-6-14(5,7-2)16-13-12(17-11(3)4)9-8-10-15-13/h8-11H,6-7H2,1-5H3,(H,15,16). The van der Waals surface area contributed by atoms with Gasteiger partial charge in [-0.25, -0.2) is 4.98 Å². The summed E-state index contributed by atoms with van der Waals surface area (Å²) in [6, 6.07) is 3.86. The maximum absolute atomic E-state index is 5.76. The molecule has 0 aromatic carbocycles. The summed E-state index contributed by atoms with van der Waals surface area (Å²) >= 11 is 0. The van der Waals surface area contributed by atoms with Crippen LogP contribution in [0, 0.1) is 0 Å². The topological polar surface area (TPSA) is 34.2 Å². The lowest BCUT2D eigenvalue weighted by atomic mass is 9.95. The van der Waals surface area contributed by atoms with Crippen molar-refractivity contribution in [3.05, 3.63) is 18.3 Å². The summed E-state index contributed by atoms with van der Waals surface area (Å²) in [5.74, 6) is 1.67. The summed E-state index contributed by atoms with van der Waals surface area (Å²) in [5, 5.41) is 3.49. The minimum absolute atomic E-state index is 0.0729. The number of anilines is 1. The third-order valence-corrected chi connectivity index (χ3v) is 3.11. The molecule has 3 nitrogen and oxygen atoms in total. The number of nitrogens with zero attached hydrogens (tertiary/aromatic N) is 1. The summed E-state index contributed by atoms with van der Waals surface area (Å²) < 4.78 is 5.76. The first-order valence-corrected chi connectivity index (χ1v) is 6.40. The van der Waals surface area contributed by atoms with Crippen molar-refractivity contribution in [2.45, 2.75) is 59.1 Å². The minimum atomic E-state index is 0.0729. The number of hydrogen-bond acceptors (Lipinski definition) is 3. The average Bonchev–Trinajstić information content (AvgIpc) is 2.31. The van der Waals surface area contributed by atoms with Gasteiger partial charge in [-0.15, -0.1) is 0 Å². The van der Waals surface area contributed by atoms with Crippen LogP contribution in [0.15, 0.2) is 18.3 Å². The molecule has 0 saturated heterocycles. The Hall–Kier alpha value is -1.25. The molecule has 0 spiro atoms. The van der Waals surface area contributed by atoms with Crippen LogP contribution in [0.4, 0.5) is 5.82 Å². The Morgan fingerprint density at radius 3 is 2.53 bits per heavy atom. The SMILES string of the molecule is CCC(C)(CC)Nc1ncccc1OC(C)C. The Morgan fingerprint density at radius 2 is 2.00 bits per heavy atom. The monoisotopic (exact) mass is 236 g/mol. The average molecular weight is 236 g/mol. The molecule has 1 heterocycles. The molecular formula is C14H24N2O. The van der Waals surface area contributed by atoms with Crippen LogP contribution in [0.5, 0.6) is 5.75 Å². The van der Waals surface area contributed by atoms with Crippen molar-refractivity contribution in [3.63, 3.8) is 0 Å². The van der Waals surface area contributed by atoms with Crippen LogP contribution in [-0.2, 0) is 0 Å². The molecule has 3 heteroatoms. The highest BCUT2D eigenvalue weighted by molar-refractivity contribution is 5.51. The van der Waals surface area contributed by atoms with Crippen molar-refractivity contribution in [1.82, 2.24) is 4.98 Å². The van der Waals surface area contributed by atoms with E-state index < -0.39 is 0 Å². The zero-order chi connectivity index (χ0) is 12.9. The molecule has 0 unspecified atom stereocenters. The van der Waals surface area contributed by atoms with Gasteiger partial charge in [0.25, 0.3) is 0 Å². The fourth-order valence-electron chi connectivity index (χ4n) is 1.55. The summed E-state index contributed by atoms with van der Waals surface area (Å²) in [6.45, 7) is 10.6. The number of ether oxygens (including phenoxy) is 1. The van der Waals surface area contributed by atoms with Crippen molar-refractivity contribution in [1.29, 1.82) is 0 Å². The van der Waals surface area contributed by atoms with Gasteiger partial charge >= 0.3 is 0 Å². The summed E-state index contributed by atoms with van der Waals surface area (Å²) in [7, 11) is 0. The van der Waals surface area contributed by atoms with Crippen molar-refractivity contribution in [2.24, 2.45) is 0 Å². The first-order chi connectivity index (χ1) is 8.00. The van der Waals surface area contributed by atoms with E-state index in [-0.39, 0.29) is 11.6 Å². The first-order valence-electron chi connectivity index (χ1n) is 6.40. The molecule has 0 aliphatic rings. The highest BCUT2D eigenvalue weighted by Crippen LogP contribution is 2.28. The molecule has 1 aromatic rings. The number of hydrogen-bond donors (Lipinski definition) is 1. The maximum Gasteiger partial charge on any atom is 0.169 e. The lowest BCUT2D eigenvalue weighted by Gasteiger charge is -2.29. The van der Waals surface area contributed by atoms with Crippen molar-refractivity contribution >= 4 is 5.82 Å². The lowest BCUT2D eigenvalue weighted by molar-refractivity contribution is 0.242. The molecule has 1 N–H and O–H groups in total. The second-order valence-electron chi connectivity index (χ2n) is 4.91. The number of rotatable bonds is 6. The molecule has 1 rings (SSSR count). The molecule has 0 fully saturated rings. The van der Waals surface area contributed by atoms with E-state index in [1.807, 2.05) is 26.0 Å². The molecular weight excluding hydrogens is 212 g/mol. The molecule has 0 saturated carbocycles. The summed E-state index contributed by atoms with van der Waals surface area (Å²) in [5.41, 5.74) is 0.0729. The van der Waals surface area contributed by atoms with Crippen molar-refractivity contribution in [3.8, 4) is 5.75 Å². The predicted molar refractivity (Wildman–Crippen MR) is 72.6 cm³/mol.